The van der Waals surface area contributed by atoms with Crippen LogP contribution in [0.3, 0.4) is 0 Å². The van der Waals surface area contributed by atoms with Crippen LogP contribution in [0.15, 0.2) is 0 Å². The van der Waals surface area contributed by atoms with Gasteiger partial charge in [-0.15, -0.1) is 0 Å². The maximum absolute atomic E-state index is 11.3. The van der Waals surface area contributed by atoms with Crippen molar-refractivity contribution >= 4 is 11.9 Å². The number of carboxylic acids is 1. The number of aliphatic carboxylic acids is 1. The fourth-order valence-electron chi connectivity index (χ4n) is 1.98. The molecule has 1 fully saturated rings. The minimum absolute atomic E-state index is 0.239. The summed E-state index contributed by atoms with van der Waals surface area (Å²) in [6.07, 6.45) is 3.98. The van der Waals surface area contributed by atoms with Crippen molar-refractivity contribution in [3.8, 4) is 0 Å². The van der Waals surface area contributed by atoms with Crippen LogP contribution in [-0.4, -0.2) is 48.1 Å². The monoisotopic (exact) mass is 228 g/mol. The minimum atomic E-state index is -0.806. The molecule has 1 saturated heterocycles. The van der Waals surface area contributed by atoms with Gasteiger partial charge in [-0.1, -0.05) is 0 Å². The van der Waals surface area contributed by atoms with Crippen LogP contribution in [0, 0.1) is 0 Å². The van der Waals surface area contributed by atoms with Crippen LogP contribution in [0.25, 0.3) is 0 Å². The van der Waals surface area contributed by atoms with E-state index in [9.17, 15) is 9.59 Å². The summed E-state index contributed by atoms with van der Waals surface area (Å²) in [5, 5.41) is 11.6. The van der Waals surface area contributed by atoms with Gasteiger partial charge < -0.3 is 15.3 Å². The molecule has 92 valence electrons. The zero-order chi connectivity index (χ0) is 12.0. The van der Waals surface area contributed by atoms with Crippen LogP contribution in [0.5, 0.6) is 0 Å². The van der Waals surface area contributed by atoms with Crippen molar-refractivity contribution in [3.63, 3.8) is 0 Å². The molecule has 16 heavy (non-hydrogen) atoms. The number of amides is 1. The van der Waals surface area contributed by atoms with Crippen LogP contribution < -0.4 is 5.32 Å². The second-order valence-corrected chi connectivity index (χ2v) is 4.16. The summed E-state index contributed by atoms with van der Waals surface area (Å²) in [5.41, 5.74) is 0. The number of carbonyl (C=O) groups excluding carboxylic acids is 1. The number of nitrogens with one attached hydrogen (secondary N) is 1. The first-order chi connectivity index (χ1) is 7.65. The first-order valence-electron chi connectivity index (χ1n) is 5.83. The van der Waals surface area contributed by atoms with Gasteiger partial charge in [0.2, 0.25) is 5.91 Å². The fraction of sp³-hybridized carbons (Fsp3) is 0.818. The molecular weight excluding hydrogens is 208 g/mol. The Hall–Kier alpha value is -1.10. The van der Waals surface area contributed by atoms with E-state index in [1.165, 1.54) is 0 Å². The Kier molecular flexibility index (Phi) is 5.25. The lowest BCUT2D eigenvalue weighted by molar-refractivity contribution is -0.139. The van der Waals surface area contributed by atoms with Crippen molar-refractivity contribution in [1.82, 2.24) is 10.2 Å². The molecule has 0 aromatic carbocycles. The lowest BCUT2D eigenvalue weighted by atomic mass is 10.1. The molecule has 0 saturated carbocycles. The number of nitrogens with zero attached hydrogens (tertiary/aromatic N) is 1. The molecule has 0 spiro atoms. The normalized spacial score (nSPS) is 17.8. The average molecular weight is 228 g/mol. The summed E-state index contributed by atoms with van der Waals surface area (Å²) >= 11 is 0. The van der Waals surface area contributed by atoms with E-state index in [1.54, 1.807) is 7.05 Å². The Morgan fingerprint density at radius 3 is 2.81 bits per heavy atom. The van der Waals surface area contributed by atoms with Gasteiger partial charge in [-0.3, -0.25) is 9.59 Å². The molecule has 5 nitrogen and oxygen atoms in total. The topological polar surface area (TPSA) is 69.6 Å². The summed E-state index contributed by atoms with van der Waals surface area (Å²) < 4.78 is 0. The zero-order valence-corrected chi connectivity index (χ0v) is 9.74. The number of rotatable bonds is 7. The van der Waals surface area contributed by atoms with E-state index in [1.807, 2.05) is 4.90 Å². The van der Waals surface area contributed by atoms with E-state index in [0.29, 0.717) is 12.8 Å². The molecule has 1 amide bonds. The molecule has 5 heteroatoms. The Morgan fingerprint density at radius 2 is 2.31 bits per heavy atom. The zero-order valence-electron chi connectivity index (χ0n) is 9.74. The van der Waals surface area contributed by atoms with Crippen molar-refractivity contribution in [2.45, 2.75) is 38.1 Å². The van der Waals surface area contributed by atoms with Crippen LogP contribution in [0.1, 0.15) is 32.1 Å². The lowest BCUT2D eigenvalue weighted by Gasteiger charge is -2.16. The van der Waals surface area contributed by atoms with Crippen LogP contribution >= 0.6 is 0 Å². The van der Waals surface area contributed by atoms with Crippen molar-refractivity contribution in [2.24, 2.45) is 0 Å². The van der Waals surface area contributed by atoms with E-state index < -0.39 is 12.0 Å². The second kappa shape index (κ2) is 6.48. The summed E-state index contributed by atoms with van der Waals surface area (Å²) in [5.74, 6) is -0.567. The smallest absolute Gasteiger partial charge is 0.320 e. The Bertz CT molecular complexity index is 252. The largest absolute Gasteiger partial charge is 0.480 e. The molecule has 1 aliphatic heterocycles. The molecule has 1 rings (SSSR count). The molecule has 1 atom stereocenters. The number of hydrogen-bond acceptors (Lipinski definition) is 3. The van der Waals surface area contributed by atoms with E-state index in [4.69, 9.17) is 5.11 Å². The quantitative estimate of drug-likeness (QED) is 0.621. The summed E-state index contributed by atoms with van der Waals surface area (Å²) in [7, 11) is 1.66. The number of hydrogen-bond donors (Lipinski definition) is 2. The van der Waals surface area contributed by atoms with Crippen molar-refractivity contribution in [3.05, 3.63) is 0 Å². The number of carboxylic acid groups (broad SMARTS) is 1. The van der Waals surface area contributed by atoms with E-state index in [2.05, 4.69) is 5.32 Å². The fourth-order valence-corrected chi connectivity index (χ4v) is 1.98. The van der Waals surface area contributed by atoms with Gasteiger partial charge in [0.05, 0.1) is 0 Å². The molecule has 0 radical (unpaired) electrons. The third-order valence-electron chi connectivity index (χ3n) is 2.99. The molecule has 0 bridgehead atoms. The van der Waals surface area contributed by atoms with Crippen molar-refractivity contribution < 1.29 is 14.7 Å². The maximum atomic E-state index is 11.3. The van der Waals surface area contributed by atoms with Crippen LogP contribution in [-0.2, 0) is 9.59 Å². The molecular formula is C11H20N2O3. The molecule has 0 aromatic rings. The first kappa shape index (κ1) is 13.0. The van der Waals surface area contributed by atoms with Gasteiger partial charge in [-0.05, 0) is 32.7 Å². The summed E-state index contributed by atoms with van der Waals surface area (Å²) in [6, 6.07) is -0.464. The van der Waals surface area contributed by atoms with E-state index >= 15 is 0 Å². The molecule has 0 unspecified atom stereocenters. The highest BCUT2D eigenvalue weighted by Gasteiger charge is 2.19. The predicted octanol–water partition coefficient (Wildman–Crippen LogP) is 0.452. The van der Waals surface area contributed by atoms with Gasteiger partial charge in [-0.2, -0.15) is 0 Å². The number of carbonyl (C=O) groups is 2. The Morgan fingerprint density at radius 1 is 1.56 bits per heavy atom. The highest BCUT2D eigenvalue weighted by Crippen LogP contribution is 2.11. The SMILES string of the molecule is CN[C@@H](CCCCN1CCCC1=O)C(=O)O. The van der Waals surface area contributed by atoms with Gasteiger partial charge >= 0.3 is 5.97 Å². The number of likely N-dealkylation sites (N-methyl/N-ethyl adjacent to an activating group) is 1. The molecule has 2 N–H and O–H groups in total. The minimum Gasteiger partial charge on any atom is -0.480 e. The second-order valence-electron chi connectivity index (χ2n) is 4.16. The Labute approximate surface area is 95.8 Å². The van der Waals surface area contributed by atoms with Gasteiger partial charge in [-0.25, -0.2) is 0 Å². The van der Waals surface area contributed by atoms with Crippen molar-refractivity contribution in [1.29, 1.82) is 0 Å². The molecule has 1 aliphatic rings. The van der Waals surface area contributed by atoms with Gasteiger partial charge in [0.25, 0.3) is 0 Å². The maximum Gasteiger partial charge on any atom is 0.320 e. The van der Waals surface area contributed by atoms with Gasteiger partial charge in [0.15, 0.2) is 0 Å². The van der Waals surface area contributed by atoms with Gasteiger partial charge in [0.1, 0.15) is 6.04 Å². The Balaban J connectivity index is 2.11. The first-order valence-corrected chi connectivity index (χ1v) is 5.83. The van der Waals surface area contributed by atoms with Crippen molar-refractivity contribution in [2.75, 3.05) is 20.1 Å². The van der Waals surface area contributed by atoms with E-state index in [-0.39, 0.29) is 5.91 Å². The molecule has 1 heterocycles. The van der Waals surface area contributed by atoms with E-state index in [0.717, 1.165) is 32.4 Å². The number of likely N-dealkylation sites (tertiary alicyclic amines) is 1. The summed E-state index contributed by atoms with van der Waals surface area (Å²) in [4.78, 5) is 23.9. The van der Waals surface area contributed by atoms with Crippen LogP contribution in [0.4, 0.5) is 0 Å². The standard InChI is InChI=1S/C11H20N2O3/c1-12-9(11(15)16)5-2-3-7-13-8-4-6-10(13)14/h9,12H,2-8H2,1H3,(H,15,16)/t9-/m0/s1. The summed E-state index contributed by atoms with van der Waals surface area (Å²) in [6.45, 7) is 1.64. The third-order valence-corrected chi connectivity index (χ3v) is 2.99. The molecule has 0 aromatic heterocycles. The van der Waals surface area contributed by atoms with Gasteiger partial charge in [0, 0.05) is 19.5 Å². The third kappa shape index (κ3) is 3.81. The predicted molar refractivity (Wildman–Crippen MR) is 60.1 cm³/mol. The highest BCUT2D eigenvalue weighted by atomic mass is 16.4. The number of unbranched alkanes of at least 4 members (excludes halogenated alkanes) is 1. The lowest BCUT2D eigenvalue weighted by Crippen LogP contribution is -2.34. The van der Waals surface area contributed by atoms with Crippen LogP contribution in [0.2, 0.25) is 0 Å². The highest BCUT2D eigenvalue weighted by molar-refractivity contribution is 5.78. The average Bonchev–Trinajstić information content (AvgIpc) is 2.64. The molecule has 0 aliphatic carbocycles.